The summed E-state index contributed by atoms with van der Waals surface area (Å²) >= 11 is 5.73. The number of nitrogens with one attached hydrogen (secondary N) is 1. The molecule has 0 unspecified atom stereocenters. The number of para-hydroxylation sites is 1. The van der Waals surface area contributed by atoms with E-state index in [0.29, 0.717) is 5.02 Å². The van der Waals surface area contributed by atoms with Crippen molar-refractivity contribution in [2.75, 3.05) is 11.1 Å². The Balaban J connectivity index is 2.41. The first-order valence-corrected chi connectivity index (χ1v) is 5.22. The monoisotopic (exact) mass is 254 g/mol. The molecule has 2 rings (SSSR count). The normalized spacial score (nSPS) is 10.3. The first-order valence-electron chi connectivity index (χ1n) is 4.84. The highest BCUT2D eigenvalue weighted by Crippen LogP contribution is 2.28. The Bertz CT molecular complexity index is 538. The van der Waals surface area contributed by atoms with Crippen LogP contribution in [0.1, 0.15) is 0 Å². The minimum Gasteiger partial charge on any atom is -0.397 e. The number of halogens is 3. The largest absolute Gasteiger partial charge is 0.397 e. The molecular formula is C12H9ClF2N2. The van der Waals surface area contributed by atoms with Gasteiger partial charge in [0.1, 0.15) is 11.6 Å². The molecule has 2 aromatic rings. The molecule has 0 aliphatic heterocycles. The summed E-state index contributed by atoms with van der Waals surface area (Å²) in [5.41, 5.74) is 5.91. The van der Waals surface area contributed by atoms with E-state index in [1.807, 2.05) is 0 Å². The minimum absolute atomic E-state index is 0.0358. The third-order valence-corrected chi connectivity index (χ3v) is 2.47. The van der Waals surface area contributed by atoms with E-state index in [9.17, 15) is 8.78 Å². The molecule has 0 spiro atoms. The van der Waals surface area contributed by atoms with Crippen molar-refractivity contribution in [1.82, 2.24) is 0 Å². The molecule has 2 nitrogen and oxygen atoms in total. The van der Waals surface area contributed by atoms with Crippen LogP contribution in [-0.4, -0.2) is 0 Å². The maximum atomic E-state index is 13.5. The molecule has 0 atom stereocenters. The van der Waals surface area contributed by atoms with Crippen molar-refractivity contribution >= 4 is 28.7 Å². The topological polar surface area (TPSA) is 38.0 Å². The number of rotatable bonds is 2. The molecule has 0 heterocycles. The van der Waals surface area contributed by atoms with Crippen LogP contribution in [0.25, 0.3) is 0 Å². The van der Waals surface area contributed by atoms with Crippen molar-refractivity contribution < 1.29 is 8.78 Å². The zero-order chi connectivity index (χ0) is 12.4. The first kappa shape index (κ1) is 11.7. The van der Waals surface area contributed by atoms with Gasteiger partial charge in [0, 0.05) is 5.02 Å². The summed E-state index contributed by atoms with van der Waals surface area (Å²) in [6, 6.07) is 8.20. The lowest BCUT2D eigenvalue weighted by Crippen LogP contribution is -2.00. The Morgan fingerprint density at radius 2 is 1.82 bits per heavy atom. The van der Waals surface area contributed by atoms with Crippen LogP contribution in [-0.2, 0) is 0 Å². The molecule has 0 aromatic heterocycles. The van der Waals surface area contributed by atoms with E-state index >= 15 is 0 Å². The van der Waals surface area contributed by atoms with Crippen LogP contribution in [0.3, 0.4) is 0 Å². The Hall–Kier alpha value is -1.81. The second kappa shape index (κ2) is 4.59. The molecule has 0 aliphatic rings. The fourth-order valence-corrected chi connectivity index (χ4v) is 1.57. The molecule has 3 N–H and O–H groups in total. The number of benzene rings is 2. The fraction of sp³-hybridized carbons (Fsp3) is 0. The molecule has 0 amide bonds. The van der Waals surface area contributed by atoms with Crippen LogP contribution in [0, 0.1) is 11.6 Å². The highest BCUT2D eigenvalue weighted by Gasteiger charge is 2.09. The van der Waals surface area contributed by atoms with Crippen LogP contribution in [0.15, 0.2) is 36.4 Å². The summed E-state index contributed by atoms with van der Waals surface area (Å²) in [4.78, 5) is 0. The van der Waals surface area contributed by atoms with Crippen LogP contribution in [0.5, 0.6) is 0 Å². The molecular weight excluding hydrogens is 246 g/mol. The number of nitrogens with two attached hydrogens (primary N) is 1. The molecule has 0 saturated carbocycles. The summed E-state index contributed by atoms with van der Waals surface area (Å²) in [6.07, 6.45) is 0. The zero-order valence-corrected chi connectivity index (χ0v) is 9.43. The van der Waals surface area contributed by atoms with Gasteiger partial charge in [-0.15, -0.1) is 0 Å². The lowest BCUT2D eigenvalue weighted by Gasteiger charge is -2.11. The van der Waals surface area contributed by atoms with Crippen LogP contribution >= 0.6 is 11.6 Å². The molecule has 2 aromatic carbocycles. The molecule has 88 valence electrons. The van der Waals surface area contributed by atoms with Gasteiger partial charge >= 0.3 is 0 Å². The van der Waals surface area contributed by atoms with Crippen molar-refractivity contribution in [3.05, 3.63) is 53.1 Å². The predicted octanol–water partition coefficient (Wildman–Crippen LogP) is 3.94. The predicted molar refractivity (Wildman–Crippen MR) is 65.5 cm³/mol. The van der Waals surface area contributed by atoms with Gasteiger partial charge in [-0.05, 0) is 30.3 Å². The Kier molecular flexibility index (Phi) is 3.15. The van der Waals surface area contributed by atoms with E-state index < -0.39 is 11.6 Å². The van der Waals surface area contributed by atoms with Gasteiger partial charge in [-0.25, -0.2) is 8.78 Å². The SMILES string of the molecule is Nc1cccc(F)c1Nc1cc(Cl)ccc1F. The molecule has 0 bridgehead atoms. The van der Waals surface area contributed by atoms with Crippen LogP contribution in [0.4, 0.5) is 25.8 Å². The van der Waals surface area contributed by atoms with Crippen molar-refractivity contribution in [3.63, 3.8) is 0 Å². The van der Waals surface area contributed by atoms with E-state index in [1.54, 1.807) is 0 Å². The van der Waals surface area contributed by atoms with E-state index in [-0.39, 0.29) is 17.1 Å². The summed E-state index contributed by atoms with van der Waals surface area (Å²) in [6.45, 7) is 0. The molecule has 0 fully saturated rings. The minimum atomic E-state index is -0.552. The number of hydrogen-bond acceptors (Lipinski definition) is 2. The lowest BCUT2D eigenvalue weighted by molar-refractivity contribution is 0.626. The molecule has 0 radical (unpaired) electrons. The average molecular weight is 255 g/mol. The molecule has 0 saturated heterocycles. The quantitative estimate of drug-likeness (QED) is 0.797. The van der Waals surface area contributed by atoms with Gasteiger partial charge < -0.3 is 11.1 Å². The number of anilines is 3. The fourth-order valence-electron chi connectivity index (χ4n) is 1.40. The third-order valence-electron chi connectivity index (χ3n) is 2.23. The second-order valence-electron chi connectivity index (χ2n) is 3.45. The highest BCUT2D eigenvalue weighted by molar-refractivity contribution is 6.30. The van der Waals surface area contributed by atoms with Crippen LogP contribution in [0.2, 0.25) is 5.02 Å². The smallest absolute Gasteiger partial charge is 0.148 e. The maximum absolute atomic E-state index is 13.5. The summed E-state index contributed by atoms with van der Waals surface area (Å²) < 4.78 is 26.9. The van der Waals surface area contributed by atoms with Gasteiger partial charge in [-0.1, -0.05) is 17.7 Å². The number of hydrogen-bond donors (Lipinski definition) is 2. The van der Waals surface area contributed by atoms with Crippen molar-refractivity contribution in [1.29, 1.82) is 0 Å². The molecule has 5 heteroatoms. The summed E-state index contributed by atoms with van der Waals surface area (Å²) in [5, 5.41) is 2.94. The average Bonchev–Trinajstić information content (AvgIpc) is 2.28. The van der Waals surface area contributed by atoms with Gasteiger partial charge in [0.15, 0.2) is 0 Å². The van der Waals surface area contributed by atoms with Crippen molar-refractivity contribution in [3.8, 4) is 0 Å². The second-order valence-corrected chi connectivity index (χ2v) is 3.89. The van der Waals surface area contributed by atoms with E-state index in [0.717, 1.165) is 0 Å². The van der Waals surface area contributed by atoms with Gasteiger partial charge in [-0.3, -0.25) is 0 Å². The van der Waals surface area contributed by atoms with Crippen molar-refractivity contribution in [2.45, 2.75) is 0 Å². The third kappa shape index (κ3) is 2.47. The van der Waals surface area contributed by atoms with Crippen LogP contribution < -0.4 is 11.1 Å². The molecule has 17 heavy (non-hydrogen) atoms. The zero-order valence-electron chi connectivity index (χ0n) is 8.68. The first-order chi connectivity index (χ1) is 8.08. The van der Waals surface area contributed by atoms with E-state index in [2.05, 4.69) is 5.32 Å². The highest BCUT2D eigenvalue weighted by atomic mass is 35.5. The van der Waals surface area contributed by atoms with E-state index in [4.69, 9.17) is 17.3 Å². The number of nitrogen functional groups attached to an aromatic ring is 1. The van der Waals surface area contributed by atoms with Gasteiger partial charge in [0.05, 0.1) is 17.1 Å². The van der Waals surface area contributed by atoms with E-state index in [1.165, 1.54) is 36.4 Å². The van der Waals surface area contributed by atoms with Crippen molar-refractivity contribution in [2.24, 2.45) is 0 Å². The Morgan fingerprint density at radius 1 is 1.06 bits per heavy atom. The summed E-state index contributed by atoms with van der Waals surface area (Å²) in [7, 11) is 0. The Morgan fingerprint density at radius 3 is 2.53 bits per heavy atom. The maximum Gasteiger partial charge on any atom is 0.148 e. The molecule has 0 aliphatic carbocycles. The summed E-state index contributed by atoms with van der Waals surface area (Å²) in [5.74, 6) is -1.08. The van der Waals surface area contributed by atoms with Gasteiger partial charge in [0.25, 0.3) is 0 Å². The lowest BCUT2D eigenvalue weighted by atomic mass is 10.2. The standard InChI is InChI=1S/C12H9ClF2N2/c13-7-4-5-8(14)11(6-7)17-12-9(15)2-1-3-10(12)16/h1-6,17H,16H2. The van der Waals surface area contributed by atoms with Gasteiger partial charge in [-0.2, -0.15) is 0 Å². The Labute approximate surface area is 102 Å². The van der Waals surface area contributed by atoms with Gasteiger partial charge in [0.2, 0.25) is 0 Å².